The van der Waals surface area contributed by atoms with E-state index < -0.39 is 0 Å². The highest BCUT2D eigenvalue weighted by molar-refractivity contribution is 5.97. The SMILES string of the molecule is CC(C)N(CC1CCNCC1)C(=O)c1cc(O)ccc1O. The summed E-state index contributed by atoms with van der Waals surface area (Å²) < 4.78 is 0. The van der Waals surface area contributed by atoms with E-state index in [2.05, 4.69) is 5.32 Å². The van der Waals surface area contributed by atoms with Crippen molar-refractivity contribution >= 4 is 5.91 Å². The zero-order valence-electron chi connectivity index (χ0n) is 12.7. The zero-order valence-corrected chi connectivity index (χ0v) is 12.7. The number of nitrogens with one attached hydrogen (secondary N) is 1. The maximum atomic E-state index is 12.7. The molecule has 1 amide bonds. The number of piperidine rings is 1. The molecule has 3 N–H and O–H groups in total. The topological polar surface area (TPSA) is 72.8 Å². The zero-order chi connectivity index (χ0) is 15.4. The number of benzene rings is 1. The van der Waals surface area contributed by atoms with Crippen molar-refractivity contribution in [1.29, 1.82) is 0 Å². The normalized spacial score (nSPS) is 16.1. The fraction of sp³-hybridized carbons (Fsp3) is 0.562. The van der Waals surface area contributed by atoms with Gasteiger partial charge in [0.2, 0.25) is 0 Å². The molecule has 0 radical (unpaired) electrons. The van der Waals surface area contributed by atoms with Crippen LogP contribution in [0.15, 0.2) is 18.2 Å². The Balaban J connectivity index is 2.16. The van der Waals surface area contributed by atoms with E-state index in [1.807, 2.05) is 13.8 Å². The van der Waals surface area contributed by atoms with Crippen LogP contribution in [0.25, 0.3) is 0 Å². The number of carbonyl (C=O) groups excluding carboxylic acids is 1. The Labute approximate surface area is 125 Å². The molecule has 1 saturated heterocycles. The fourth-order valence-corrected chi connectivity index (χ4v) is 2.72. The summed E-state index contributed by atoms with van der Waals surface area (Å²) in [5, 5.41) is 22.7. The molecule has 5 nitrogen and oxygen atoms in total. The van der Waals surface area contributed by atoms with E-state index in [0.29, 0.717) is 12.5 Å². The van der Waals surface area contributed by atoms with Crippen LogP contribution < -0.4 is 5.32 Å². The van der Waals surface area contributed by atoms with Gasteiger partial charge < -0.3 is 20.4 Å². The van der Waals surface area contributed by atoms with E-state index in [1.165, 1.54) is 18.2 Å². The summed E-state index contributed by atoms with van der Waals surface area (Å²) in [6, 6.07) is 4.11. The summed E-state index contributed by atoms with van der Waals surface area (Å²) in [5.74, 6) is 0.157. The van der Waals surface area contributed by atoms with Gasteiger partial charge in [0, 0.05) is 12.6 Å². The Morgan fingerprint density at radius 1 is 1.33 bits per heavy atom. The van der Waals surface area contributed by atoms with Crippen molar-refractivity contribution in [3.63, 3.8) is 0 Å². The van der Waals surface area contributed by atoms with Crippen LogP contribution in [0, 0.1) is 5.92 Å². The van der Waals surface area contributed by atoms with Gasteiger partial charge in [-0.25, -0.2) is 0 Å². The summed E-state index contributed by atoms with van der Waals surface area (Å²) in [7, 11) is 0. The number of hydrogen-bond donors (Lipinski definition) is 3. The lowest BCUT2D eigenvalue weighted by atomic mass is 9.96. The number of hydrogen-bond acceptors (Lipinski definition) is 4. The van der Waals surface area contributed by atoms with Gasteiger partial charge in [0.05, 0.1) is 5.56 Å². The van der Waals surface area contributed by atoms with Crippen LogP contribution in [0.4, 0.5) is 0 Å². The molecule has 2 rings (SSSR count). The highest BCUT2D eigenvalue weighted by atomic mass is 16.3. The van der Waals surface area contributed by atoms with Crippen molar-refractivity contribution in [2.24, 2.45) is 5.92 Å². The highest BCUT2D eigenvalue weighted by Gasteiger charge is 2.25. The standard InChI is InChI=1S/C16H24N2O3/c1-11(2)18(10-12-5-7-17-8-6-12)16(21)14-9-13(19)3-4-15(14)20/h3-4,9,11-12,17,19-20H,5-8,10H2,1-2H3. The summed E-state index contributed by atoms with van der Waals surface area (Å²) in [5.41, 5.74) is 0.164. The predicted molar refractivity (Wildman–Crippen MR) is 81.5 cm³/mol. The van der Waals surface area contributed by atoms with Gasteiger partial charge in [-0.15, -0.1) is 0 Å². The average Bonchev–Trinajstić information content (AvgIpc) is 2.47. The van der Waals surface area contributed by atoms with Crippen LogP contribution in [-0.2, 0) is 0 Å². The molecule has 21 heavy (non-hydrogen) atoms. The summed E-state index contributed by atoms with van der Waals surface area (Å²) in [6.45, 7) is 6.61. The molecular formula is C16H24N2O3. The third-order valence-corrected chi connectivity index (χ3v) is 4.01. The molecule has 0 spiro atoms. The lowest BCUT2D eigenvalue weighted by molar-refractivity contribution is 0.0654. The van der Waals surface area contributed by atoms with E-state index in [4.69, 9.17) is 0 Å². The first-order valence-electron chi connectivity index (χ1n) is 7.52. The van der Waals surface area contributed by atoms with E-state index in [0.717, 1.165) is 25.9 Å². The molecule has 1 aromatic rings. The Kier molecular flexibility index (Phi) is 5.07. The number of carbonyl (C=O) groups is 1. The average molecular weight is 292 g/mol. The van der Waals surface area contributed by atoms with Crippen molar-refractivity contribution in [1.82, 2.24) is 10.2 Å². The Morgan fingerprint density at radius 3 is 2.62 bits per heavy atom. The molecule has 0 aliphatic carbocycles. The first-order chi connectivity index (χ1) is 9.99. The maximum absolute atomic E-state index is 12.7. The maximum Gasteiger partial charge on any atom is 0.257 e. The second-order valence-electron chi connectivity index (χ2n) is 5.95. The van der Waals surface area contributed by atoms with Crippen molar-refractivity contribution in [3.8, 4) is 11.5 Å². The minimum absolute atomic E-state index is 0.0123. The van der Waals surface area contributed by atoms with Crippen molar-refractivity contribution in [2.45, 2.75) is 32.7 Å². The Bertz CT molecular complexity index is 496. The van der Waals surface area contributed by atoms with Crippen LogP contribution in [-0.4, -0.2) is 46.7 Å². The van der Waals surface area contributed by atoms with Gasteiger partial charge in [0.25, 0.3) is 5.91 Å². The first kappa shape index (κ1) is 15.6. The minimum atomic E-state index is -0.225. The van der Waals surface area contributed by atoms with Gasteiger partial charge in [0.1, 0.15) is 11.5 Å². The van der Waals surface area contributed by atoms with E-state index in [1.54, 1.807) is 4.90 Å². The van der Waals surface area contributed by atoms with Gasteiger partial charge in [0.15, 0.2) is 0 Å². The number of rotatable bonds is 4. The molecule has 0 bridgehead atoms. The molecular weight excluding hydrogens is 268 g/mol. The minimum Gasteiger partial charge on any atom is -0.508 e. The van der Waals surface area contributed by atoms with Crippen LogP contribution in [0.2, 0.25) is 0 Å². The molecule has 1 heterocycles. The van der Waals surface area contributed by atoms with Crippen LogP contribution in [0.3, 0.4) is 0 Å². The van der Waals surface area contributed by atoms with Crippen LogP contribution in [0.1, 0.15) is 37.0 Å². The van der Waals surface area contributed by atoms with Gasteiger partial charge >= 0.3 is 0 Å². The second-order valence-corrected chi connectivity index (χ2v) is 5.95. The number of phenolic OH excluding ortho intramolecular Hbond substituents is 2. The Hall–Kier alpha value is -1.75. The second kappa shape index (κ2) is 6.80. The first-order valence-corrected chi connectivity index (χ1v) is 7.52. The lowest BCUT2D eigenvalue weighted by Gasteiger charge is -2.33. The van der Waals surface area contributed by atoms with Gasteiger partial charge in [-0.2, -0.15) is 0 Å². The van der Waals surface area contributed by atoms with Gasteiger partial charge in [-0.3, -0.25) is 4.79 Å². The van der Waals surface area contributed by atoms with Crippen molar-refractivity contribution < 1.29 is 15.0 Å². The molecule has 1 fully saturated rings. The van der Waals surface area contributed by atoms with Gasteiger partial charge in [-0.1, -0.05) is 0 Å². The molecule has 116 valence electrons. The lowest BCUT2D eigenvalue weighted by Crippen LogP contribution is -2.43. The fourth-order valence-electron chi connectivity index (χ4n) is 2.72. The van der Waals surface area contributed by atoms with Crippen molar-refractivity contribution in [2.75, 3.05) is 19.6 Å². The predicted octanol–water partition coefficient (Wildman–Crippen LogP) is 1.95. The smallest absolute Gasteiger partial charge is 0.257 e. The molecule has 0 aromatic heterocycles. The highest BCUT2D eigenvalue weighted by Crippen LogP contribution is 2.25. The number of amides is 1. The Morgan fingerprint density at radius 2 is 2.00 bits per heavy atom. The third-order valence-electron chi connectivity index (χ3n) is 4.01. The summed E-state index contributed by atoms with van der Waals surface area (Å²) in [4.78, 5) is 14.5. The molecule has 1 aliphatic heterocycles. The molecule has 5 heteroatoms. The molecule has 1 aliphatic rings. The summed E-state index contributed by atoms with van der Waals surface area (Å²) >= 11 is 0. The van der Waals surface area contributed by atoms with Gasteiger partial charge in [-0.05, 0) is 63.9 Å². The number of aromatic hydroxyl groups is 2. The third kappa shape index (κ3) is 3.88. The van der Waals surface area contributed by atoms with Crippen molar-refractivity contribution in [3.05, 3.63) is 23.8 Å². The molecule has 1 aromatic carbocycles. The van der Waals surface area contributed by atoms with Crippen LogP contribution in [0.5, 0.6) is 11.5 Å². The van der Waals surface area contributed by atoms with E-state index >= 15 is 0 Å². The monoisotopic (exact) mass is 292 g/mol. The largest absolute Gasteiger partial charge is 0.508 e. The van der Waals surface area contributed by atoms with E-state index in [-0.39, 0.29) is 29.0 Å². The quantitative estimate of drug-likeness (QED) is 0.742. The molecule has 0 atom stereocenters. The molecule has 0 saturated carbocycles. The van der Waals surface area contributed by atoms with E-state index in [9.17, 15) is 15.0 Å². The molecule has 0 unspecified atom stereocenters. The summed E-state index contributed by atoms with van der Waals surface area (Å²) in [6.07, 6.45) is 2.12. The number of nitrogens with zero attached hydrogens (tertiary/aromatic N) is 1. The number of phenols is 2. The van der Waals surface area contributed by atoms with Crippen LogP contribution >= 0.6 is 0 Å².